The first-order valence-electron chi connectivity index (χ1n) is 6.90. The lowest BCUT2D eigenvalue weighted by Crippen LogP contribution is -2.34. The van der Waals surface area contributed by atoms with Crippen LogP contribution in [0.3, 0.4) is 0 Å². The van der Waals surface area contributed by atoms with Crippen molar-refractivity contribution in [3.8, 4) is 5.75 Å². The number of methoxy groups -OCH3 is 1. The van der Waals surface area contributed by atoms with Crippen LogP contribution < -0.4 is 10.5 Å². The van der Waals surface area contributed by atoms with Crippen molar-refractivity contribution < 1.29 is 14.2 Å². The van der Waals surface area contributed by atoms with Crippen molar-refractivity contribution in [1.29, 1.82) is 0 Å². The molecule has 1 aromatic rings. The third-order valence-corrected chi connectivity index (χ3v) is 4.05. The van der Waals surface area contributed by atoms with E-state index in [1.165, 1.54) is 25.7 Å². The molecule has 1 saturated carbocycles. The van der Waals surface area contributed by atoms with Crippen LogP contribution in [-0.4, -0.2) is 18.3 Å². The molecule has 0 bridgehead atoms. The molecule has 1 aromatic carbocycles. The molecule has 0 unspecified atom stereocenters. The average Bonchev–Trinajstić information content (AvgIpc) is 2.46. The molecule has 3 nitrogen and oxygen atoms in total. The summed E-state index contributed by atoms with van der Waals surface area (Å²) in [6.45, 7) is 0. The van der Waals surface area contributed by atoms with Crippen molar-refractivity contribution in [2.45, 2.75) is 44.2 Å². The average molecular weight is 267 g/mol. The van der Waals surface area contributed by atoms with Crippen molar-refractivity contribution >= 4 is 0 Å². The highest BCUT2D eigenvalue weighted by Crippen LogP contribution is 2.34. The molecule has 1 fully saturated rings. The van der Waals surface area contributed by atoms with Crippen LogP contribution >= 0.6 is 0 Å². The van der Waals surface area contributed by atoms with E-state index in [0.717, 1.165) is 25.7 Å². The first-order valence-corrected chi connectivity index (χ1v) is 6.90. The summed E-state index contributed by atoms with van der Waals surface area (Å²) in [6, 6.07) is 3.64. The minimum atomic E-state index is -0.643. The zero-order valence-electron chi connectivity index (χ0n) is 11.3. The van der Waals surface area contributed by atoms with Gasteiger partial charge in [-0.15, -0.1) is 0 Å². The summed E-state index contributed by atoms with van der Waals surface area (Å²) >= 11 is 0. The van der Waals surface area contributed by atoms with Gasteiger partial charge in [0.2, 0.25) is 0 Å². The maximum absolute atomic E-state index is 13.4. The van der Waals surface area contributed by atoms with Crippen LogP contribution in [0.4, 0.5) is 4.39 Å². The zero-order chi connectivity index (χ0) is 13.8. The molecular formula is C15H22FNO2. The molecule has 0 radical (unpaired) electrons. The van der Waals surface area contributed by atoms with E-state index in [-0.39, 0.29) is 11.7 Å². The van der Waals surface area contributed by atoms with E-state index in [1.54, 1.807) is 6.07 Å². The Morgan fingerprint density at radius 1 is 1.32 bits per heavy atom. The molecule has 2 rings (SSSR count). The van der Waals surface area contributed by atoms with Crippen molar-refractivity contribution in [1.82, 2.24) is 0 Å². The molecule has 4 heteroatoms. The maximum Gasteiger partial charge on any atom is 0.123 e. The van der Waals surface area contributed by atoms with Crippen molar-refractivity contribution in [2.75, 3.05) is 7.11 Å². The number of halogens is 1. The number of aliphatic hydroxyl groups excluding tert-OH is 1. The predicted molar refractivity (Wildman–Crippen MR) is 72.5 cm³/mol. The third-order valence-electron chi connectivity index (χ3n) is 4.05. The highest BCUT2D eigenvalue weighted by Gasteiger charge is 2.29. The molecule has 0 saturated heterocycles. The summed E-state index contributed by atoms with van der Waals surface area (Å²) in [5, 5.41) is 10.4. The fraction of sp³-hybridized carbons (Fsp3) is 0.600. The molecule has 0 aromatic heterocycles. The molecule has 0 aliphatic heterocycles. The van der Waals surface area contributed by atoms with E-state index < -0.39 is 12.1 Å². The maximum atomic E-state index is 13.4. The van der Waals surface area contributed by atoms with Crippen molar-refractivity contribution in [3.63, 3.8) is 0 Å². The van der Waals surface area contributed by atoms with Crippen LogP contribution in [0.5, 0.6) is 5.75 Å². The highest BCUT2D eigenvalue weighted by atomic mass is 19.1. The van der Waals surface area contributed by atoms with E-state index in [1.807, 2.05) is 0 Å². The Balaban J connectivity index is 2.17. The number of aliphatic hydroxyl groups is 1. The first kappa shape index (κ1) is 14.3. The Labute approximate surface area is 113 Å². The summed E-state index contributed by atoms with van der Waals surface area (Å²) < 4.78 is 18.6. The Morgan fingerprint density at radius 2 is 2.00 bits per heavy atom. The van der Waals surface area contributed by atoms with Gasteiger partial charge in [0.25, 0.3) is 0 Å². The molecule has 19 heavy (non-hydrogen) atoms. The highest BCUT2D eigenvalue weighted by molar-refractivity contribution is 5.37. The van der Waals surface area contributed by atoms with E-state index in [0.29, 0.717) is 11.3 Å². The van der Waals surface area contributed by atoms with E-state index in [2.05, 4.69) is 0 Å². The molecule has 1 aliphatic rings. The Morgan fingerprint density at radius 3 is 2.63 bits per heavy atom. The summed E-state index contributed by atoms with van der Waals surface area (Å²) in [4.78, 5) is 0. The smallest absolute Gasteiger partial charge is 0.123 e. The van der Waals surface area contributed by atoms with Crippen LogP contribution in [0.15, 0.2) is 18.2 Å². The van der Waals surface area contributed by atoms with Crippen LogP contribution in [0.2, 0.25) is 0 Å². The van der Waals surface area contributed by atoms with Gasteiger partial charge in [0.05, 0.1) is 19.3 Å². The number of ether oxygens (including phenoxy) is 1. The molecule has 0 amide bonds. The van der Waals surface area contributed by atoms with Gasteiger partial charge in [0.1, 0.15) is 11.6 Å². The third kappa shape index (κ3) is 3.25. The Bertz CT molecular complexity index is 419. The van der Waals surface area contributed by atoms with Gasteiger partial charge in [0, 0.05) is 5.56 Å². The van der Waals surface area contributed by atoms with Gasteiger partial charge in [-0.2, -0.15) is 0 Å². The molecule has 0 spiro atoms. The van der Waals surface area contributed by atoms with E-state index in [9.17, 15) is 9.50 Å². The topological polar surface area (TPSA) is 55.5 Å². The molecule has 1 aliphatic carbocycles. The number of hydrogen-bond donors (Lipinski definition) is 2. The van der Waals surface area contributed by atoms with Gasteiger partial charge < -0.3 is 15.6 Å². The molecule has 106 valence electrons. The van der Waals surface area contributed by atoms with Crippen LogP contribution in [0.25, 0.3) is 0 Å². The standard InChI is InChI=1S/C15H22FNO2/c1-19-13-8-7-11(16)9-12(13)14(17)15(18)10-5-3-2-4-6-10/h7-10,14-15,18H,2-6,17H2,1H3/t14-,15+/m0/s1. The van der Waals surface area contributed by atoms with Crippen LogP contribution in [0, 0.1) is 11.7 Å². The monoisotopic (exact) mass is 267 g/mol. The molecule has 3 N–H and O–H groups in total. The van der Waals surface area contributed by atoms with Crippen molar-refractivity contribution in [2.24, 2.45) is 11.7 Å². The summed E-state index contributed by atoms with van der Waals surface area (Å²) in [5.41, 5.74) is 6.66. The van der Waals surface area contributed by atoms with Gasteiger partial charge in [-0.25, -0.2) is 4.39 Å². The SMILES string of the molecule is COc1ccc(F)cc1[C@H](N)[C@H](O)C1CCCCC1. The van der Waals surface area contributed by atoms with Crippen LogP contribution in [0.1, 0.15) is 43.7 Å². The Kier molecular flexibility index (Phi) is 4.77. The predicted octanol–water partition coefficient (Wildman–Crippen LogP) is 2.78. The number of hydrogen-bond acceptors (Lipinski definition) is 3. The van der Waals surface area contributed by atoms with Gasteiger partial charge in [-0.3, -0.25) is 0 Å². The molecule has 0 heterocycles. The first-order chi connectivity index (χ1) is 9.13. The normalized spacial score (nSPS) is 20.0. The molecular weight excluding hydrogens is 245 g/mol. The van der Waals surface area contributed by atoms with Crippen molar-refractivity contribution in [3.05, 3.63) is 29.6 Å². The second-order valence-corrected chi connectivity index (χ2v) is 5.30. The van der Waals surface area contributed by atoms with E-state index in [4.69, 9.17) is 10.5 Å². The fourth-order valence-electron chi connectivity index (χ4n) is 2.92. The lowest BCUT2D eigenvalue weighted by molar-refractivity contribution is 0.0610. The van der Waals surface area contributed by atoms with Gasteiger partial charge in [-0.05, 0) is 37.0 Å². The van der Waals surface area contributed by atoms with Gasteiger partial charge >= 0.3 is 0 Å². The van der Waals surface area contributed by atoms with Gasteiger partial charge in [0.15, 0.2) is 0 Å². The fourth-order valence-corrected chi connectivity index (χ4v) is 2.92. The second kappa shape index (κ2) is 6.35. The van der Waals surface area contributed by atoms with Gasteiger partial charge in [-0.1, -0.05) is 19.3 Å². The minimum absolute atomic E-state index is 0.205. The molecule has 2 atom stereocenters. The second-order valence-electron chi connectivity index (χ2n) is 5.30. The lowest BCUT2D eigenvalue weighted by Gasteiger charge is -2.31. The zero-order valence-corrected chi connectivity index (χ0v) is 11.3. The quantitative estimate of drug-likeness (QED) is 0.882. The largest absolute Gasteiger partial charge is 0.496 e. The summed E-state index contributed by atoms with van der Waals surface area (Å²) in [5.74, 6) is 0.377. The summed E-state index contributed by atoms with van der Waals surface area (Å²) in [6.07, 6.45) is 4.83. The lowest BCUT2D eigenvalue weighted by atomic mass is 9.81. The van der Waals surface area contributed by atoms with E-state index >= 15 is 0 Å². The number of benzene rings is 1. The number of rotatable bonds is 4. The number of nitrogens with two attached hydrogens (primary N) is 1. The van der Waals surface area contributed by atoms with Crippen LogP contribution in [-0.2, 0) is 0 Å². The summed E-state index contributed by atoms with van der Waals surface area (Å²) in [7, 11) is 1.52. The Hall–Kier alpha value is -1.13. The minimum Gasteiger partial charge on any atom is -0.496 e.